The summed E-state index contributed by atoms with van der Waals surface area (Å²) in [6, 6.07) is 17.8. The van der Waals surface area contributed by atoms with Gasteiger partial charge < -0.3 is 0 Å². The number of fused-ring (bicyclic) bond motifs is 1. The molecule has 0 radical (unpaired) electrons. The molecule has 0 fully saturated rings. The van der Waals surface area contributed by atoms with Gasteiger partial charge in [-0.05, 0) is 54.2 Å². The second-order valence-corrected chi connectivity index (χ2v) is 8.92. The van der Waals surface area contributed by atoms with Crippen LogP contribution in [0.5, 0.6) is 0 Å². The minimum Gasteiger partial charge on any atom is -0.257 e. The summed E-state index contributed by atoms with van der Waals surface area (Å²) in [7, 11) is 0. The second-order valence-electron chi connectivity index (χ2n) is 8.51. The Morgan fingerprint density at radius 3 is 2.28 bits per heavy atom. The number of nitrogens with zero attached hydrogens (tertiary/aromatic N) is 2. The Morgan fingerprint density at radius 2 is 1.66 bits per heavy atom. The molecule has 0 aliphatic rings. The number of hydrogen-bond donors (Lipinski definition) is 0. The monoisotopic (exact) mass is 456 g/mol. The van der Waals surface area contributed by atoms with Crippen LogP contribution < -0.4 is 0 Å². The Morgan fingerprint density at radius 1 is 0.969 bits per heavy atom. The molecule has 0 aliphatic heterocycles. The van der Waals surface area contributed by atoms with Gasteiger partial charge in [0.2, 0.25) is 0 Å². The van der Waals surface area contributed by atoms with E-state index in [0.717, 1.165) is 40.6 Å². The molecule has 6 heteroatoms. The van der Waals surface area contributed by atoms with Gasteiger partial charge in [-0.1, -0.05) is 67.9 Å². The number of alkyl halides is 3. The fraction of sp³-hybridized carbons (Fsp3) is 0.269. The first-order valence-electron chi connectivity index (χ1n) is 10.6. The molecular formula is C26H24ClF3N2. The van der Waals surface area contributed by atoms with Crippen molar-refractivity contribution < 1.29 is 13.2 Å². The quantitative estimate of drug-likeness (QED) is 0.295. The number of rotatable bonds is 5. The molecule has 166 valence electrons. The fourth-order valence-corrected chi connectivity index (χ4v) is 4.49. The maximum absolute atomic E-state index is 13.0. The number of hydrogen-bond acceptors (Lipinski definition) is 1. The molecule has 2 nitrogen and oxygen atoms in total. The summed E-state index contributed by atoms with van der Waals surface area (Å²) in [5.41, 5.74) is 3.75. The van der Waals surface area contributed by atoms with Gasteiger partial charge in [-0.25, -0.2) is 0 Å². The zero-order valence-electron chi connectivity index (χ0n) is 18.1. The standard InChI is InChI=1S/C26H24ClF3N2/c1-16(2)13-25(18-7-5-4-6-8-18)32-24-12-11-20(17(3)22(24)15-31-32)21-10-9-19(14-23(21)27)26(28,29)30/h4-12,14-16,25H,13H2,1-3H3. The van der Waals surface area contributed by atoms with Crippen molar-refractivity contribution in [3.63, 3.8) is 0 Å². The molecule has 1 heterocycles. The van der Waals surface area contributed by atoms with Gasteiger partial charge in [0.1, 0.15) is 0 Å². The number of aryl methyl sites for hydroxylation is 1. The summed E-state index contributed by atoms with van der Waals surface area (Å²) in [5.74, 6) is 0.478. The number of benzene rings is 3. The largest absolute Gasteiger partial charge is 0.416 e. The Labute approximate surface area is 190 Å². The SMILES string of the molecule is Cc1c(-c2ccc(C(F)(F)F)cc2Cl)ccc2c1cnn2C(CC(C)C)c1ccccc1. The van der Waals surface area contributed by atoms with Crippen LogP contribution in [0, 0.1) is 12.8 Å². The molecule has 1 atom stereocenters. The minimum absolute atomic E-state index is 0.0802. The smallest absolute Gasteiger partial charge is 0.257 e. The Kier molecular flexibility index (Phi) is 6.04. The molecule has 0 spiro atoms. The molecular weight excluding hydrogens is 433 g/mol. The lowest BCUT2D eigenvalue weighted by atomic mass is 9.95. The summed E-state index contributed by atoms with van der Waals surface area (Å²) < 4.78 is 41.1. The third-order valence-corrected chi connectivity index (χ3v) is 6.12. The van der Waals surface area contributed by atoms with Gasteiger partial charge in [0.25, 0.3) is 0 Å². The highest BCUT2D eigenvalue weighted by Crippen LogP contribution is 2.39. The highest BCUT2D eigenvalue weighted by atomic mass is 35.5. The molecule has 0 amide bonds. The van der Waals surface area contributed by atoms with Gasteiger partial charge in [-0.15, -0.1) is 0 Å². The van der Waals surface area contributed by atoms with E-state index in [1.54, 1.807) is 0 Å². The van der Waals surface area contributed by atoms with Crippen LogP contribution in [0.4, 0.5) is 13.2 Å². The molecule has 3 aromatic carbocycles. The summed E-state index contributed by atoms with van der Waals surface area (Å²) >= 11 is 6.27. The minimum atomic E-state index is -4.43. The van der Waals surface area contributed by atoms with E-state index in [1.165, 1.54) is 11.6 Å². The van der Waals surface area contributed by atoms with E-state index in [2.05, 4.69) is 30.7 Å². The molecule has 0 saturated carbocycles. The van der Waals surface area contributed by atoms with Crippen molar-refractivity contribution in [3.05, 3.63) is 88.6 Å². The van der Waals surface area contributed by atoms with E-state index in [1.807, 2.05) is 43.5 Å². The normalized spacial score (nSPS) is 13.1. The van der Waals surface area contributed by atoms with Crippen molar-refractivity contribution in [2.45, 2.75) is 39.4 Å². The Balaban J connectivity index is 1.81. The highest BCUT2D eigenvalue weighted by molar-refractivity contribution is 6.33. The van der Waals surface area contributed by atoms with Crippen molar-refractivity contribution in [3.8, 4) is 11.1 Å². The average Bonchev–Trinajstić information content (AvgIpc) is 3.17. The van der Waals surface area contributed by atoms with Crippen LogP contribution in [-0.4, -0.2) is 9.78 Å². The molecule has 32 heavy (non-hydrogen) atoms. The molecule has 0 bridgehead atoms. The second kappa shape index (κ2) is 8.62. The van der Waals surface area contributed by atoms with E-state index in [-0.39, 0.29) is 11.1 Å². The van der Waals surface area contributed by atoms with E-state index >= 15 is 0 Å². The van der Waals surface area contributed by atoms with Gasteiger partial charge in [-0.2, -0.15) is 18.3 Å². The summed E-state index contributed by atoms with van der Waals surface area (Å²) in [6.45, 7) is 6.34. The third-order valence-electron chi connectivity index (χ3n) is 5.81. The van der Waals surface area contributed by atoms with E-state index in [0.29, 0.717) is 11.5 Å². The first-order valence-corrected chi connectivity index (χ1v) is 10.9. The highest BCUT2D eigenvalue weighted by Gasteiger charge is 2.31. The van der Waals surface area contributed by atoms with Crippen LogP contribution in [0.1, 0.15) is 43.0 Å². The van der Waals surface area contributed by atoms with Crippen molar-refractivity contribution >= 4 is 22.5 Å². The molecule has 4 aromatic rings. The van der Waals surface area contributed by atoms with Crippen molar-refractivity contribution in [2.75, 3.05) is 0 Å². The lowest BCUT2D eigenvalue weighted by molar-refractivity contribution is -0.137. The molecule has 0 N–H and O–H groups in total. The summed E-state index contributed by atoms with van der Waals surface area (Å²) in [6.07, 6.45) is -1.65. The lowest BCUT2D eigenvalue weighted by Crippen LogP contribution is -2.14. The van der Waals surface area contributed by atoms with Crippen molar-refractivity contribution in [2.24, 2.45) is 5.92 Å². The molecule has 1 unspecified atom stereocenters. The van der Waals surface area contributed by atoms with Crippen molar-refractivity contribution in [1.29, 1.82) is 0 Å². The number of halogens is 4. The van der Waals surface area contributed by atoms with Crippen LogP contribution in [0.25, 0.3) is 22.0 Å². The van der Waals surface area contributed by atoms with Crippen molar-refractivity contribution in [1.82, 2.24) is 9.78 Å². The average molecular weight is 457 g/mol. The van der Waals surface area contributed by atoms with Crippen LogP contribution in [-0.2, 0) is 6.18 Å². The molecule has 0 aliphatic carbocycles. The maximum atomic E-state index is 13.0. The predicted molar refractivity (Wildman–Crippen MR) is 124 cm³/mol. The van der Waals surface area contributed by atoms with Gasteiger partial charge in [0, 0.05) is 16.0 Å². The van der Waals surface area contributed by atoms with Gasteiger partial charge in [0.15, 0.2) is 0 Å². The van der Waals surface area contributed by atoms with Gasteiger partial charge in [0.05, 0.1) is 23.3 Å². The third kappa shape index (κ3) is 4.26. The van der Waals surface area contributed by atoms with E-state index in [9.17, 15) is 13.2 Å². The number of aromatic nitrogens is 2. The summed E-state index contributed by atoms with van der Waals surface area (Å²) in [4.78, 5) is 0. The van der Waals surface area contributed by atoms with Crippen LogP contribution >= 0.6 is 11.6 Å². The molecule has 0 saturated heterocycles. The topological polar surface area (TPSA) is 17.8 Å². The summed E-state index contributed by atoms with van der Waals surface area (Å²) in [5, 5.41) is 5.77. The fourth-order valence-electron chi connectivity index (χ4n) is 4.21. The molecule has 4 rings (SSSR count). The Hall–Kier alpha value is -2.79. The van der Waals surface area contributed by atoms with E-state index in [4.69, 9.17) is 16.7 Å². The van der Waals surface area contributed by atoms with Crippen LogP contribution in [0.15, 0.2) is 66.9 Å². The zero-order chi connectivity index (χ0) is 23.0. The van der Waals surface area contributed by atoms with E-state index < -0.39 is 11.7 Å². The van der Waals surface area contributed by atoms with Crippen LogP contribution in [0.2, 0.25) is 5.02 Å². The van der Waals surface area contributed by atoms with Gasteiger partial charge >= 0.3 is 6.18 Å². The van der Waals surface area contributed by atoms with Gasteiger partial charge in [-0.3, -0.25) is 4.68 Å². The Bertz CT molecular complexity index is 1240. The van der Waals surface area contributed by atoms with Crippen LogP contribution in [0.3, 0.4) is 0 Å². The predicted octanol–water partition coefficient (Wildman–Crippen LogP) is 8.32. The first kappa shape index (κ1) is 22.4. The zero-order valence-corrected chi connectivity index (χ0v) is 18.9. The first-order chi connectivity index (χ1) is 15.2. The molecule has 1 aromatic heterocycles. The lowest BCUT2D eigenvalue weighted by Gasteiger charge is -2.21. The maximum Gasteiger partial charge on any atom is 0.416 e.